The van der Waals surface area contributed by atoms with Gasteiger partial charge in [-0.15, -0.1) is 0 Å². The standard InChI is InChI=1S/C19H23F2NO/c1-17-6-12-7-18(2,9-17)11-19(8-12,10-17)16(23)22-15-4-3-13(20)5-14(15)21/h3-5,12H,6-11H2,1-2H3,(H,22,23)/t12?,17-,18+,19?. The van der Waals surface area contributed by atoms with E-state index in [1.165, 1.54) is 31.4 Å². The Balaban J connectivity index is 1.63. The number of carbonyl (C=O) groups is 1. The molecule has 4 bridgehead atoms. The van der Waals surface area contributed by atoms with Gasteiger partial charge in [-0.25, -0.2) is 8.78 Å². The van der Waals surface area contributed by atoms with Crippen LogP contribution in [0.2, 0.25) is 0 Å². The maximum atomic E-state index is 13.9. The van der Waals surface area contributed by atoms with Crippen molar-refractivity contribution in [1.29, 1.82) is 0 Å². The smallest absolute Gasteiger partial charge is 0.230 e. The fourth-order valence-electron chi connectivity index (χ4n) is 6.55. The minimum Gasteiger partial charge on any atom is -0.323 e. The van der Waals surface area contributed by atoms with Crippen LogP contribution in [0.5, 0.6) is 0 Å². The lowest BCUT2D eigenvalue weighted by Gasteiger charge is -2.64. The predicted octanol–water partition coefficient (Wildman–Crippen LogP) is 4.90. The van der Waals surface area contributed by atoms with E-state index in [0.717, 1.165) is 25.3 Å². The molecule has 4 aliphatic carbocycles. The number of hydrogen-bond acceptors (Lipinski definition) is 1. The minimum atomic E-state index is -0.708. The van der Waals surface area contributed by atoms with Crippen molar-refractivity contribution < 1.29 is 13.6 Å². The monoisotopic (exact) mass is 319 g/mol. The van der Waals surface area contributed by atoms with Gasteiger partial charge in [0.05, 0.1) is 11.1 Å². The molecule has 2 unspecified atom stereocenters. The molecule has 4 atom stereocenters. The zero-order valence-electron chi connectivity index (χ0n) is 13.7. The van der Waals surface area contributed by atoms with Crippen LogP contribution in [-0.2, 0) is 4.79 Å². The number of nitrogens with one attached hydrogen (secondary N) is 1. The molecule has 0 heterocycles. The average Bonchev–Trinajstić information content (AvgIpc) is 2.37. The van der Waals surface area contributed by atoms with Crippen molar-refractivity contribution in [3.05, 3.63) is 29.8 Å². The molecule has 1 aromatic carbocycles. The molecule has 4 fully saturated rings. The first-order chi connectivity index (χ1) is 10.7. The Bertz CT molecular complexity index is 668. The highest BCUT2D eigenvalue weighted by atomic mass is 19.1. The summed E-state index contributed by atoms with van der Waals surface area (Å²) in [5, 5.41) is 2.75. The zero-order chi connectivity index (χ0) is 16.5. The number of anilines is 1. The van der Waals surface area contributed by atoms with Crippen molar-refractivity contribution in [1.82, 2.24) is 0 Å². The van der Waals surface area contributed by atoms with E-state index >= 15 is 0 Å². The number of benzene rings is 1. The van der Waals surface area contributed by atoms with E-state index in [9.17, 15) is 13.6 Å². The average molecular weight is 319 g/mol. The topological polar surface area (TPSA) is 29.1 Å². The van der Waals surface area contributed by atoms with Crippen molar-refractivity contribution in [3.63, 3.8) is 0 Å². The van der Waals surface area contributed by atoms with Crippen molar-refractivity contribution in [2.75, 3.05) is 5.32 Å². The maximum absolute atomic E-state index is 13.9. The summed E-state index contributed by atoms with van der Waals surface area (Å²) in [5.74, 6) is -0.814. The van der Waals surface area contributed by atoms with Crippen LogP contribution in [-0.4, -0.2) is 5.91 Å². The van der Waals surface area contributed by atoms with E-state index in [1.807, 2.05) is 0 Å². The van der Waals surface area contributed by atoms with E-state index in [0.29, 0.717) is 5.92 Å². The molecule has 23 heavy (non-hydrogen) atoms. The van der Waals surface area contributed by atoms with E-state index in [-0.39, 0.29) is 27.8 Å². The van der Waals surface area contributed by atoms with Crippen LogP contribution < -0.4 is 5.32 Å². The lowest BCUT2D eigenvalue weighted by atomic mass is 9.40. The number of halogens is 2. The Morgan fingerprint density at radius 3 is 2.30 bits per heavy atom. The van der Waals surface area contributed by atoms with Crippen LogP contribution in [0.3, 0.4) is 0 Å². The highest BCUT2D eigenvalue weighted by Crippen LogP contribution is 2.69. The molecule has 2 nitrogen and oxygen atoms in total. The van der Waals surface area contributed by atoms with Crippen molar-refractivity contribution in [2.24, 2.45) is 22.2 Å². The predicted molar refractivity (Wildman–Crippen MR) is 84.8 cm³/mol. The largest absolute Gasteiger partial charge is 0.323 e. The zero-order valence-corrected chi connectivity index (χ0v) is 13.7. The van der Waals surface area contributed by atoms with E-state index in [1.54, 1.807) is 0 Å². The second-order valence-corrected chi connectivity index (χ2v) is 8.99. The van der Waals surface area contributed by atoms with Gasteiger partial charge < -0.3 is 5.32 Å². The molecule has 4 aliphatic rings. The van der Waals surface area contributed by atoms with Crippen LogP contribution >= 0.6 is 0 Å². The fourth-order valence-corrected chi connectivity index (χ4v) is 6.55. The number of amides is 1. The van der Waals surface area contributed by atoms with Gasteiger partial charge in [-0.1, -0.05) is 13.8 Å². The molecular formula is C19H23F2NO. The third-order valence-corrected chi connectivity index (χ3v) is 6.29. The van der Waals surface area contributed by atoms with Crippen molar-refractivity contribution in [3.8, 4) is 0 Å². The summed E-state index contributed by atoms with van der Waals surface area (Å²) in [4.78, 5) is 13.0. The molecule has 0 aliphatic heterocycles. The molecule has 0 saturated heterocycles. The summed E-state index contributed by atoms with van der Waals surface area (Å²) in [7, 11) is 0. The molecule has 0 spiro atoms. The third kappa shape index (κ3) is 2.38. The van der Waals surface area contributed by atoms with Gasteiger partial charge in [-0.3, -0.25) is 4.79 Å². The lowest BCUT2D eigenvalue weighted by molar-refractivity contribution is -0.165. The molecule has 1 amide bonds. The summed E-state index contributed by atoms with van der Waals surface area (Å²) in [5.41, 5.74) is 0.158. The van der Waals surface area contributed by atoms with Gasteiger partial charge in [0.25, 0.3) is 0 Å². The quantitative estimate of drug-likeness (QED) is 0.825. The number of carbonyl (C=O) groups excluding carboxylic acids is 1. The summed E-state index contributed by atoms with van der Waals surface area (Å²) in [6.45, 7) is 4.60. The summed E-state index contributed by atoms with van der Waals surface area (Å²) >= 11 is 0. The Morgan fingerprint density at radius 1 is 1.09 bits per heavy atom. The summed E-state index contributed by atoms with van der Waals surface area (Å²) in [6.07, 6.45) is 6.30. The van der Waals surface area contributed by atoms with Crippen molar-refractivity contribution in [2.45, 2.75) is 52.4 Å². The fraction of sp³-hybridized carbons (Fsp3) is 0.632. The van der Waals surface area contributed by atoms with E-state index in [4.69, 9.17) is 0 Å². The first-order valence-electron chi connectivity index (χ1n) is 8.48. The SMILES string of the molecule is C[C@]12CC3CC(C(=O)Nc4ccc(F)cc4F)(C1)C[C@@](C)(C3)C2. The van der Waals surface area contributed by atoms with E-state index < -0.39 is 11.6 Å². The second-order valence-electron chi connectivity index (χ2n) is 8.99. The Kier molecular flexibility index (Phi) is 2.99. The maximum Gasteiger partial charge on any atom is 0.230 e. The molecule has 0 radical (unpaired) electrons. The van der Waals surface area contributed by atoms with Gasteiger partial charge in [0.2, 0.25) is 5.91 Å². The van der Waals surface area contributed by atoms with Gasteiger partial charge in [-0.05, 0) is 67.4 Å². The molecule has 5 rings (SSSR count). The molecule has 4 saturated carbocycles. The minimum absolute atomic E-state index is 0.0791. The molecule has 1 N–H and O–H groups in total. The molecule has 4 heteroatoms. The first kappa shape index (κ1) is 15.1. The highest BCUT2D eigenvalue weighted by molar-refractivity contribution is 5.95. The van der Waals surface area contributed by atoms with E-state index in [2.05, 4.69) is 19.2 Å². The molecule has 0 aromatic heterocycles. The van der Waals surface area contributed by atoms with Crippen LogP contribution in [0.25, 0.3) is 0 Å². The Labute approximate surface area is 135 Å². The first-order valence-corrected chi connectivity index (χ1v) is 8.48. The second kappa shape index (κ2) is 4.55. The number of hydrogen-bond donors (Lipinski definition) is 1. The van der Waals surface area contributed by atoms with Crippen LogP contribution in [0.1, 0.15) is 52.4 Å². The summed E-state index contributed by atoms with van der Waals surface area (Å²) in [6, 6.07) is 3.31. The van der Waals surface area contributed by atoms with Crippen LogP contribution in [0.4, 0.5) is 14.5 Å². The van der Waals surface area contributed by atoms with Crippen LogP contribution in [0.15, 0.2) is 18.2 Å². The Hall–Kier alpha value is -1.45. The normalized spacial score (nSPS) is 41.1. The van der Waals surface area contributed by atoms with Crippen molar-refractivity contribution >= 4 is 11.6 Å². The Morgan fingerprint density at radius 2 is 1.74 bits per heavy atom. The number of rotatable bonds is 2. The molecular weight excluding hydrogens is 296 g/mol. The molecule has 124 valence electrons. The third-order valence-electron chi connectivity index (χ3n) is 6.29. The van der Waals surface area contributed by atoms with Gasteiger partial charge in [0, 0.05) is 6.07 Å². The van der Waals surface area contributed by atoms with Gasteiger partial charge in [-0.2, -0.15) is 0 Å². The highest BCUT2D eigenvalue weighted by Gasteiger charge is 2.62. The van der Waals surface area contributed by atoms with Gasteiger partial charge >= 0.3 is 0 Å². The summed E-state index contributed by atoms with van der Waals surface area (Å²) < 4.78 is 26.9. The lowest BCUT2D eigenvalue weighted by Crippen LogP contribution is -2.58. The van der Waals surface area contributed by atoms with Gasteiger partial charge in [0.1, 0.15) is 11.6 Å². The molecule has 1 aromatic rings. The van der Waals surface area contributed by atoms with Gasteiger partial charge in [0.15, 0.2) is 0 Å². The van der Waals surface area contributed by atoms with Crippen LogP contribution in [0, 0.1) is 33.8 Å².